The maximum atomic E-state index is 9.19. The van der Waals surface area contributed by atoms with E-state index in [1.54, 1.807) is 0 Å². The third-order valence-electron chi connectivity index (χ3n) is 0. The molecule has 0 aromatic heterocycles. The van der Waals surface area contributed by atoms with Gasteiger partial charge in [-0.1, -0.05) is 0 Å². The van der Waals surface area contributed by atoms with Crippen molar-refractivity contribution in [2.24, 2.45) is 0 Å². The fourth-order valence-electron chi connectivity index (χ4n) is 0. The Morgan fingerprint density at radius 3 is 1.40 bits per heavy atom. The second-order valence-electron chi connectivity index (χ2n) is 0.492. The summed E-state index contributed by atoms with van der Waals surface area (Å²) in [4.78, 5) is 0. The molecule has 0 fully saturated rings. The van der Waals surface area contributed by atoms with Gasteiger partial charge in [0.25, 0.3) is 0 Å². The summed E-state index contributed by atoms with van der Waals surface area (Å²) in [6.07, 6.45) is 0. The van der Waals surface area contributed by atoms with Crippen LogP contribution in [0.5, 0.6) is 0 Å². The molecule has 0 bridgehead atoms. The quantitative estimate of drug-likeness (QED) is 0.575. The summed E-state index contributed by atoms with van der Waals surface area (Å²) < 4.78 is 19.6. The van der Waals surface area contributed by atoms with Gasteiger partial charge in [0.15, 0.2) is 0 Å². The van der Waals surface area contributed by atoms with Crippen LogP contribution in [0, 0.1) is 35.7 Å². The van der Waals surface area contributed by atoms with Gasteiger partial charge in [-0.05, 0) is 0 Å². The summed E-state index contributed by atoms with van der Waals surface area (Å²) in [5.74, 6) is 0. The molecule has 0 saturated carbocycles. The van der Waals surface area contributed by atoms with Gasteiger partial charge in [-0.3, -0.25) is 0 Å². The van der Waals surface area contributed by atoms with Crippen LogP contribution in [-0.4, -0.2) is 0 Å². The molecule has 0 atom stereocenters. The molecular weight excluding hydrogens is 240 g/mol. The van der Waals surface area contributed by atoms with Crippen LogP contribution < -0.4 is 0 Å². The van der Waals surface area contributed by atoms with Crippen LogP contribution in [0.3, 0.4) is 0 Å². The summed E-state index contributed by atoms with van der Waals surface area (Å²) in [6, 6.07) is 0. The van der Waals surface area contributed by atoms with Crippen molar-refractivity contribution in [3.05, 3.63) is 0 Å². The molecule has 0 saturated heterocycles. The predicted octanol–water partition coefficient (Wildman–Crippen LogP) is 0.344. The Kier molecular flexibility index (Phi) is 10.7. The average molecular weight is 243 g/mol. The molecule has 5 heavy (non-hydrogen) atoms. The molecule has 0 amide bonds. The summed E-state index contributed by atoms with van der Waals surface area (Å²) in [5, 5.41) is 0. The summed E-state index contributed by atoms with van der Waals surface area (Å²) in [5.41, 5.74) is 0. The van der Waals surface area contributed by atoms with Gasteiger partial charge < -0.3 is 0 Å². The van der Waals surface area contributed by atoms with E-state index in [1.807, 2.05) is 0 Å². The molecule has 0 aromatic rings. The molecule has 0 aliphatic carbocycles. The van der Waals surface area contributed by atoms with E-state index in [1.165, 1.54) is 2.44 Å². The maximum absolute atomic E-state index is 9.19. The van der Waals surface area contributed by atoms with Crippen molar-refractivity contribution >= 4 is 0 Å². The van der Waals surface area contributed by atoms with Gasteiger partial charge in [0.1, 0.15) is 0 Å². The molecule has 2 nitrogen and oxygen atoms in total. The van der Waals surface area contributed by atoms with E-state index in [0.717, 1.165) is 0 Å². The maximum Gasteiger partial charge on any atom is 0 e. The molecule has 0 radical (unpaired) electrons. The van der Waals surface area contributed by atoms with Crippen molar-refractivity contribution in [1.82, 2.24) is 0 Å². The van der Waals surface area contributed by atoms with Crippen LogP contribution in [0.15, 0.2) is 0 Å². The van der Waals surface area contributed by atoms with Crippen LogP contribution in [0.4, 0.5) is 0 Å². The van der Waals surface area contributed by atoms with E-state index in [9.17, 15) is 1.88 Å². The first kappa shape index (κ1) is 9.71. The Morgan fingerprint density at radius 2 is 1.40 bits per heavy atom. The molecule has 0 aliphatic heterocycles. The Labute approximate surface area is 56.1 Å². The van der Waals surface area contributed by atoms with Crippen LogP contribution >= 0.6 is 0 Å². The third kappa shape index (κ3) is 30.0. The monoisotopic (exact) mass is 243 g/mol. The molecule has 0 unspecified atom stereocenters. The van der Waals surface area contributed by atoms with E-state index in [4.69, 9.17) is 0 Å². The van der Waals surface area contributed by atoms with E-state index < -0.39 is 35.7 Å². The second kappa shape index (κ2) is 5.50. The molecule has 0 heterocycles. The van der Waals surface area contributed by atoms with E-state index in [2.05, 4.69) is 0 Å². The minimum Gasteiger partial charge on any atom is 0 e. The van der Waals surface area contributed by atoms with E-state index in [0.29, 0.717) is 0 Å². The minimum atomic E-state index is -3.16. The fourth-order valence-corrected chi connectivity index (χ4v) is 0. The van der Waals surface area contributed by atoms with Gasteiger partial charge in [0, 0.05) is 17.1 Å². The Hall–Kier alpha value is 1.50. The van der Waals surface area contributed by atoms with Crippen molar-refractivity contribution < 1.29 is 54.6 Å². The molecule has 4 heteroatoms. The first-order valence-electron chi connectivity index (χ1n) is 0.908. The molecule has 0 aliphatic rings. The Morgan fingerprint density at radius 1 is 1.40 bits per heavy atom. The van der Waals surface area contributed by atoms with Crippen molar-refractivity contribution in [2.45, 2.75) is 2.44 Å². The zero-order valence-corrected chi connectivity index (χ0v) is 6.91. The SMILES string of the molecule is [CH3][Ce](=[O])=[O].[Fe]. The van der Waals surface area contributed by atoms with Gasteiger partial charge in [0.05, 0.1) is 0 Å². The normalized spacial score (nSPS) is 5.00. The minimum absolute atomic E-state index is 0. The molecule has 0 aromatic carbocycles. The third-order valence-corrected chi connectivity index (χ3v) is 0. The summed E-state index contributed by atoms with van der Waals surface area (Å²) >= 11 is -3.16. The van der Waals surface area contributed by atoms with Crippen molar-refractivity contribution in [3.63, 3.8) is 0 Å². The van der Waals surface area contributed by atoms with E-state index in [-0.39, 0.29) is 17.1 Å². The van der Waals surface area contributed by atoms with Crippen molar-refractivity contribution in [1.29, 1.82) is 0 Å². The second-order valence-corrected chi connectivity index (χ2v) is 3.58. The molecule has 31 valence electrons. The molecule has 0 N–H and O–H groups in total. The number of hydrogen-bond acceptors (Lipinski definition) is 2. The van der Waals surface area contributed by atoms with Crippen LogP contribution in [-0.2, 0) is 18.9 Å². The first-order chi connectivity index (χ1) is 1.73. The molecular formula is CH3CeFeO2. The van der Waals surface area contributed by atoms with Crippen LogP contribution in [0.2, 0.25) is 2.44 Å². The largest absolute Gasteiger partial charge is 0 e. The van der Waals surface area contributed by atoms with Crippen LogP contribution in [0.25, 0.3) is 0 Å². The smallest absolute Gasteiger partial charge is 0 e. The average Bonchev–Trinajstić information content (AvgIpc) is 0.811. The zero-order chi connectivity index (χ0) is 3.58. The van der Waals surface area contributed by atoms with Crippen molar-refractivity contribution in [2.75, 3.05) is 0 Å². The summed E-state index contributed by atoms with van der Waals surface area (Å²) in [6.45, 7) is 0. The van der Waals surface area contributed by atoms with Gasteiger partial charge in [-0.2, -0.15) is 0 Å². The van der Waals surface area contributed by atoms with Gasteiger partial charge in [-0.15, -0.1) is 0 Å². The van der Waals surface area contributed by atoms with Crippen molar-refractivity contribution in [3.8, 4) is 0 Å². The fraction of sp³-hybridized carbons (Fsp3) is 1.00. The molecule has 0 rings (SSSR count). The van der Waals surface area contributed by atoms with Gasteiger partial charge in [-0.25, -0.2) is 0 Å². The van der Waals surface area contributed by atoms with Gasteiger partial charge in [0.2, 0.25) is 0 Å². The summed E-state index contributed by atoms with van der Waals surface area (Å²) in [7, 11) is 0. The van der Waals surface area contributed by atoms with Crippen LogP contribution in [0.1, 0.15) is 0 Å². The zero-order valence-electron chi connectivity index (χ0n) is 2.67. The number of hydrogen-bond donors (Lipinski definition) is 0. The number of rotatable bonds is 0. The molecule has 0 spiro atoms. The first-order valence-corrected chi connectivity index (χ1v) is 6.61. The predicted molar refractivity (Wildman–Crippen MR) is 7.24 cm³/mol. The topological polar surface area (TPSA) is 34.1 Å². The van der Waals surface area contributed by atoms with E-state index >= 15 is 0 Å². The Bertz CT molecular complexity index is 58.0. The standard InChI is InChI=1S/CH3.Ce.Fe.2O/h1H3;;;;. The Balaban J connectivity index is 0. The van der Waals surface area contributed by atoms with Gasteiger partial charge >= 0.3 is 40.0 Å².